The van der Waals surface area contributed by atoms with E-state index in [2.05, 4.69) is 534 Å². The zero-order valence-electron chi connectivity index (χ0n) is 76.2. The van der Waals surface area contributed by atoms with Crippen LogP contribution >= 0.6 is 0 Å². The Bertz CT molecular complexity index is 8910. The molecule has 0 N–H and O–H groups in total. The van der Waals surface area contributed by atoms with Crippen LogP contribution < -0.4 is 0 Å². The van der Waals surface area contributed by atoms with Gasteiger partial charge in [-0.15, -0.1) is 0 Å². The monoisotopic (exact) mass is 1730 g/mol. The van der Waals surface area contributed by atoms with Crippen molar-refractivity contribution >= 4 is 86.7 Å². The predicted molar refractivity (Wildman–Crippen MR) is 581 cm³/mol. The predicted octanol–water partition coefficient (Wildman–Crippen LogP) is 37.1. The van der Waals surface area contributed by atoms with Gasteiger partial charge in [0.15, 0.2) is 0 Å². The molecule has 0 saturated heterocycles. The minimum absolute atomic E-state index is 1.17. The van der Waals surface area contributed by atoms with E-state index in [1.54, 1.807) is 0 Å². The van der Waals surface area contributed by atoms with E-state index >= 15 is 0 Å². The number of hydrogen-bond acceptors (Lipinski definition) is 0. The maximum Gasteiger partial charge on any atom is 0.0541 e. The molecule has 0 radical (unpaired) electrons. The SMILES string of the molecule is Cc1cccc(-c2ccc3c(-c4ccc(-c5ccc6c(c5)c5ccccc5n6-c5ccccc5)cc4)c4cc(-c5cccc(C)c5)ccc4c(-c4ccc(-c5ccc(-c6ccccc6)cc5)cc4)c3c2)c1.Cc1cccc(-c2ccc3c(-c4ccc(-c5ccc6c(c5)c5ccccc5n6-c5ccccc5)cc4)c4cc(-c5cccc(C)c5)ccc4c(-c4ccc(-c5ccccc5)cc4)c3c2)c1. The normalized spacial score (nSPS) is 11.5. The van der Waals surface area contributed by atoms with Crippen LogP contribution in [0.1, 0.15) is 22.3 Å². The number of nitrogens with zero attached hydrogens (tertiary/aromatic N) is 2. The fourth-order valence-electron chi connectivity index (χ4n) is 21.2. The number of hydrogen-bond donors (Lipinski definition) is 0. The van der Waals surface area contributed by atoms with Gasteiger partial charge in [0, 0.05) is 32.9 Å². The van der Waals surface area contributed by atoms with Crippen LogP contribution in [0.25, 0.3) is 243 Å². The van der Waals surface area contributed by atoms with Crippen LogP contribution in [0.15, 0.2) is 497 Å². The van der Waals surface area contributed by atoms with Crippen molar-refractivity contribution in [3.63, 3.8) is 0 Å². The van der Waals surface area contributed by atoms with Gasteiger partial charge in [-0.3, -0.25) is 0 Å². The first-order valence-electron chi connectivity index (χ1n) is 47.2. The van der Waals surface area contributed by atoms with Crippen molar-refractivity contribution in [3.05, 3.63) is 520 Å². The van der Waals surface area contributed by atoms with Crippen LogP contribution in [-0.2, 0) is 0 Å². The lowest BCUT2D eigenvalue weighted by Gasteiger charge is -2.20. The van der Waals surface area contributed by atoms with Crippen molar-refractivity contribution in [3.8, 4) is 156 Å². The minimum Gasteiger partial charge on any atom is -0.309 e. The standard InChI is InChI=1S/C70H49N.C64H45N/c1-46-13-11-17-55(41-46)58-36-39-63-65(44-58)69(53-31-27-51(28-32-53)50-25-23-49(24-26-50)48-15-5-3-6-16-48)62-38-35-59(56-18-12-14-47(2)42-56)45-66(62)70(63)54-33-29-52(30-34-54)57-37-40-68-64(43-57)61-21-9-10-22-67(61)71(68)60-19-7-4-8-20-60;1-42-13-11-17-49(37-42)52-32-35-57-59(40-52)63(47-27-23-45(24-28-47)44-15-5-3-6-16-44)56-34-31-53(50-18-12-14-43(2)38-50)41-60(56)64(57)48-29-25-46(26-30-48)51-33-36-62-58(39-51)55-21-9-10-22-61(55)65(62)54-19-7-4-8-20-54/h3-45H,1-2H3;3-41H,1-2H3. The molecule has 0 aliphatic heterocycles. The molecule has 0 amide bonds. The molecule has 0 unspecified atom stereocenters. The van der Waals surface area contributed by atoms with Crippen LogP contribution in [-0.4, -0.2) is 9.13 Å². The highest BCUT2D eigenvalue weighted by Gasteiger charge is 2.25. The molecule has 2 nitrogen and oxygen atoms in total. The summed E-state index contributed by atoms with van der Waals surface area (Å²) in [4.78, 5) is 0. The van der Waals surface area contributed by atoms with E-state index in [0.29, 0.717) is 0 Å². The second-order valence-electron chi connectivity index (χ2n) is 36.5. The van der Waals surface area contributed by atoms with Crippen LogP contribution in [0.4, 0.5) is 0 Å². The Morgan fingerprint density at radius 2 is 0.294 bits per heavy atom. The van der Waals surface area contributed by atoms with Crippen molar-refractivity contribution in [2.75, 3.05) is 0 Å². The summed E-state index contributed by atoms with van der Waals surface area (Å²) in [5.41, 5.74) is 43.7. The van der Waals surface area contributed by atoms with Crippen LogP contribution in [0.3, 0.4) is 0 Å². The first kappa shape index (κ1) is 81.9. The highest BCUT2D eigenvalue weighted by molar-refractivity contribution is 6.25. The van der Waals surface area contributed by atoms with E-state index in [9.17, 15) is 0 Å². The van der Waals surface area contributed by atoms with Gasteiger partial charge >= 0.3 is 0 Å². The number of aryl methyl sites for hydroxylation is 4. The molecule has 640 valence electrons. The summed E-state index contributed by atoms with van der Waals surface area (Å²) in [5.74, 6) is 0. The molecule has 0 fully saturated rings. The van der Waals surface area contributed by atoms with E-state index in [1.165, 1.54) is 265 Å². The molecule has 0 spiro atoms. The van der Waals surface area contributed by atoms with Gasteiger partial charge in [0.2, 0.25) is 0 Å². The number of aromatic nitrogens is 2. The Morgan fingerprint density at radius 3 is 0.566 bits per heavy atom. The minimum atomic E-state index is 1.17. The summed E-state index contributed by atoms with van der Waals surface area (Å²) in [6.07, 6.45) is 0. The summed E-state index contributed by atoms with van der Waals surface area (Å²) in [6.45, 7) is 8.70. The van der Waals surface area contributed by atoms with Crippen molar-refractivity contribution in [1.29, 1.82) is 0 Å². The van der Waals surface area contributed by atoms with Crippen molar-refractivity contribution in [1.82, 2.24) is 9.13 Å². The molecule has 25 aromatic rings. The Morgan fingerprint density at radius 1 is 0.110 bits per heavy atom. The molecule has 2 heteroatoms. The first-order chi connectivity index (χ1) is 67.0. The molecule has 136 heavy (non-hydrogen) atoms. The molecule has 2 heterocycles. The van der Waals surface area contributed by atoms with Crippen molar-refractivity contribution in [2.24, 2.45) is 0 Å². The van der Waals surface area contributed by atoms with Gasteiger partial charge in [0.1, 0.15) is 0 Å². The van der Waals surface area contributed by atoms with Gasteiger partial charge in [-0.2, -0.15) is 0 Å². The average Bonchev–Trinajstić information content (AvgIpc) is 1.16. The third-order valence-corrected chi connectivity index (χ3v) is 27.8. The van der Waals surface area contributed by atoms with E-state index in [-0.39, 0.29) is 0 Å². The Balaban J connectivity index is 0.000000149. The summed E-state index contributed by atoms with van der Waals surface area (Å²) in [6, 6.07) is 184. The van der Waals surface area contributed by atoms with Gasteiger partial charge in [0.05, 0.1) is 22.1 Å². The summed E-state index contributed by atoms with van der Waals surface area (Å²) in [5, 5.41) is 14.9. The first-order valence-corrected chi connectivity index (χ1v) is 47.2. The van der Waals surface area contributed by atoms with E-state index < -0.39 is 0 Å². The molecule has 0 saturated carbocycles. The van der Waals surface area contributed by atoms with Gasteiger partial charge in [-0.1, -0.05) is 435 Å². The number of benzene rings is 23. The maximum absolute atomic E-state index is 2.43. The Labute approximate surface area is 793 Å². The summed E-state index contributed by atoms with van der Waals surface area (Å²) < 4.78 is 4.76. The third-order valence-electron chi connectivity index (χ3n) is 27.8. The molecule has 25 rings (SSSR count). The Hall–Kier alpha value is -17.3. The van der Waals surface area contributed by atoms with Crippen LogP contribution in [0, 0.1) is 27.7 Å². The zero-order valence-corrected chi connectivity index (χ0v) is 76.2. The van der Waals surface area contributed by atoms with Gasteiger partial charge in [-0.25, -0.2) is 0 Å². The molecule has 0 atom stereocenters. The largest absolute Gasteiger partial charge is 0.309 e. The van der Waals surface area contributed by atoms with Gasteiger partial charge in [-0.05, 0) is 300 Å². The molecule has 2 aromatic heterocycles. The Kier molecular flexibility index (Phi) is 20.9. The fraction of sp³-hybridized carbons (Fsp3) is 0.0299. The number of fused-ring (bicyclic) bond motifs is 10. The molecular formula is C134H94N2. The fourth-order valence-corrected chi connectivity index (χ4v) is 21.2. The maximum atomic E-state index is 2.43. The number of rotatable bonds is 15. The van der Waals surface area contributed by atoms with E-state index in [1.807, 2.05) is 0 Å². The van der Waals surface area contributed by atoms with E-state index in [4.69, 9.17) is 0 Å². The van der Waals surface area contributed by atoms with Crippen LogP contribution in [0.5, 0.6) is 0 Å². The highest BCUT2D eigenvalue weighted by Crippen LogP contribution is 2.51. The van der Waals surface area contributed by atoms with Gasteiger partial charge in [0.25, 0.3) is 0 Å². The average molecular weight is 1730 g/mol. The van der Waals surface area contributed by atoms with E-state index in [0.717, 1.165) is 0 Å². The topological polar surface area (TPSA) is 9.86 Å². The highest BCUT2D eigenvalue weighted by atomic mass is 15.0. The second kappa shape index (κ2) is 34.8. The lowest BCUT2D eigenvalue weighted by atomic mass is 9.83. The third kappa shape index (κ3) is 15.2. The molecule has 0 aliphatic rings. The van der Waals surface area contributed by atoms with Crippen molar-refractivity contribution in [2.45, 2.75) is 27.7 Å². The van der Waals surface area contributed by atoms with Crippen LogP contribution in [0.2, 0.25) is 0 Å². The molecule has 0 bridgehead atoms. The summed E-state index contributed by atoms with van der Waals surface area (Å²) >= 11 is 0. The smallest absolute Gasteiger partial charge is 0.0541 e. The zero-order chi connectivity index (χ0) is 90.9. The van der Waals surface area contributed by atoms with Gasteiger partial charge < -0.3 is 9.13 Å². The molecule has 0 aliphatic carbocycles. The van der Waals surface area contributed by atoms with Crippen molar-refractivity contribution < 1.29 is 0 Å². The lowest BCUT2D eigenvalue weighted by molar-refractivity contribution is 1.18. The summed E-state index contributed by atoms with van der Waals surface area (Å²) in [7, 11) is 0. The lowest BCUT2D eigenvalue weighted by Crippen LogP contribution is -1.93. The molecular weight excluding hydrogens is 1640 g/mol. The quantitative estimate of drug-likeness (QED) is 0.0906. The number of para-hydroxylation sites is 4. The second-order valence-corrected chi connectivity index (χ2v) is 36.5. The molecule has 23 aromatic carbocycles.